The average molecular weight is 400 g/mol. The van der Waals surface area contributed by atoms with E-state index < -0.39 is 0 Å². The van der Waals surface area contributed by atoms with Gasteiger partial charge in [0.25, 0.3) is 5.69 Å². The highest BCUT2D eigenvalue weighted by Crippen LogP contribution is 2.27. The van der Waals surface area contributed by atoms with Gasteiger partial charge in [-0.3, -0.25) is 10.1 Å². The Morgan fingerprint density at radius 2 is 2.00 bits per heavy atom. The van der Waals surface area contributed by atoms with Crippen LogP contribution in [0.15, 0.2) is 45.3 Å². The molecule has 0 fully saturated rings. The number of nitrogens with one attached hydrogen (secondary N) is 1. The van der Waals surface area contributed by atoms with E-state index in [0.717, 1.165) is 20.2 Å². The topological polar surface area (TPSA) is 55.2 Å². The fourth-order valence-electron chi connectivity index (χ4n) is 1.86. The van der Waals surface area contributed by atoms with Gasteiger partial charge in [0.1, 0.15) is 0 Å². The van der Waals surface area contributed by atoms with Crippen LogP contribution in [0.1, 0.15) is 11.1 Å². The van der Waals surface area contributed by atoms with E-state index >= 15 is 0 Å². The number of nitrogens with zero attached hydrogens (tertiary/aromatic N) is 1. The Balaban J connectivity index is 2.24. The summed E-state index contributed by atoms with van der Waals surface area (Å²) in [6, 6.07) is 10.8. The van der Waals surface area contributed by atoms with Gasteiger partial charge in [-0.2, -0.15) is 0 Å². The second kappa shape index (κ2) is 6.37. The molecule has 1 N–H and O–H groups in total. The fraction of sp³-hybridized carbons (Fsp3) is 0.143. The van der Waals surface area contributed by atoms with Crippen molar-refractivity contribution in [2.24, 2.45) is 0 Å². The van der Waals surface area contributed by atoms with E-state index in [2.05, 4.69) is 37.2 Å². The number of halogens is 2. The van der Waals surface area contributed by atoms with Crippen LogP contribution in [0.3, 0.4) is 0 Å². The van der Waals surface area contributed by atoms with E-state index in [1.54, 1.807) is 12.1 Å². The van der Waals surface area contributed by atoms with Gasteiger partial charge >= 0.3 is 0 Å². The first-order chi connectivity index (χ1) is 9.49. The molecule has 0 heterocycles. The fourth-order valence-corrected chi connectivity index (χ4v) is 2.64. The first-order valence-electron chi connectivity index (χ1n) is 5.91. The minimum Gasteiger partial charge on any atom is -0.380 e. The average Bonchev–Trinajstić information content (AvgIpc) is 2.40. The normalized spacial score (nSPS) is 10.3. The first-order valence-corrected chi connectivity index (χ1v) is 7.49. The van der Waals surface area contributed by atoms with Crippen molar-refractivity contribution in [3.05, 3.63) is 66.6 Å². The number of hydrogen-bond acceptors (Lipinski definition) is 3. The monoisotopic (exact) mass is 398 g/mol. The second-order valence-corrected chi connectivity index (χ2v) is 6.07. The van der Waals surface area contributed by atoms with Crippen molar-refractivity contribution in [1.29, 1.82) is 0 Å². The van der Waals surface area contributed by atoms with Crippen molar-refractivity contribution in [2.45, 2.75) is 13.5 Å². The van der Waals surface area contributed by atoms with Crippen molar-refractivity contribution >= 4 is 43.2 Å². The predicted molar refractivity (Wildman–Crippen MR) is 87.0 cm³/mol. The summed E-state index contributed by atoms with van der Waals surface area (Å²) in [6.07, 6.45) is 0. The summed E-state index contributed by atoms with van der Waals surface area (Å²) < 4.78 is 1.83. The third-order valence-electron chi connectivity index (χ3n) is 2.98. The third kappa shape index (κ3) is 3.37. The van der Waals surface area contributed by atoms with Gasteiger partial charge in [-0.1, -0.05) is 37.9 Å². The highest BCUT2D eigenvalue weighted by molar-refractivity contribution is 9.10. The van der Waals surface area contributed by atoms with E-state index in [0.29, 0.717) is 12.1 Å². The highest BCUT2D eigenvalue weighted by atomic mass is 79.9. The molecule has 0 aliphatic rings. The van der Waals surface area contributed by atoms with Crippen LogP contribution < -0.4 is 5.32 Å². The Labute approximate surface area is 133 Å². The first kappa shape index (κ1) is 15.0. The maximum Gasteiger partial charge on any atom is 0.274 e. The molecule has 6 heteroatoms. The molecule has 0 saturated carbocycles. The Morgan fingerprint density at radius 1 is 1.25 bits per heavy atom. The van der Waals surface area contributed by atoms with Crippen LogP contribution in [-0.2, 0) is 6.54 Å². The van der Waals surface area contributed by atoms with Gasteiger partial charge < -0.3 is 5.32 Å². The van der Waals surface area contributed by atoms with E-state index in [1.807, 2.05) is 25.1 Å². The quantitative estimate of drug-likeness (QED) is 0.578. The Kier molecular flexibility index (Phi) is 4.77. The van der Waals surface area contributed by atoms with E-state index in [1.165, 1.54) is 6.07 Å². The molecule has 0 amide bonds. The van der Waals surface area contributed by atoms with E-state index in [4.69, 9.17) is 0 Å². The molecule has 0 saturated heterocycles. The summed E-state index contributed by atoms with van der Waals surface area (Å²) >= 11 is 6.81. The standard InChI is InChI=1S/C14H12Br2N2O2/c1-9-12(16)3-2-4-13(9)17-8-10-7-11(15)5-6-14(10)18(19)20/h2-7,17H,8H2,1H3. The van der Waals surface area contributed by atoms with Gasteiger partial charge in [0.2, 0.25) is 0 Å². The van der Waals surface area contributed by atoms with Gasteiger partial charge in [0.15, 0.2) is 0 Å². The number of hydrogen-bond donors (Lipinski definition) is 1. The van der Waals surface area contributed by atoms with Crippen LogP contribution in [0.2, 0.25) is 0 Å². The summed E-state index contributed by atoms with van der Waals surface area (Å²) in [4.78, 5) is 10.7. The van der Waals surface area contributed by atoms with Crippen molar-refractivity contribution < 1.29 is 4.92 Å². The van der Waals surface area contributed by atoms with Gasteiger partial charge in [-0.25, -0.2) is 0 Å². The SMILES string of the molecule is Cc1c(Br)cccc1NCc1cc(Br)ccc1[N+](=O)[O-]. The summed E-state index contributed by atoms with van der Waals surface area (Å²) in [7, 11) is 0. The zero-order valence-corrected chi connectivity index (χ0v) is 13.9. The molecule has 0 aromatic heterocycles. The molecular weight excluding hydrogens is 388 g/mol. The molecule has 0 unspecified atom stereocenters. The van der Waals surface area contributed by atoms with E-state index in [9.17, 15) is 10.1 Å². The number of rotatable bonds is 4. The molecule has 0 aliphatic heterocycles. The lowest BCUT2D eigenvalue weighted by molar-refractivity contribution is -0.385. The lowest BCUT2D eigenvalue weighted by Gasteiger charge is -2.11. The Hall–Kier alpha value is -1.40. The van der Waals surface area contributed by atoms with Gasteiger partial charge in [-0.05, 0) is 36.8 Å². The van der Waals surface area contributed by atoms with Gasteiger partial charge in [-0.15, -0.1) is 0 Å². The molecule has 0 aliphatic carbocycles. The maximum absolute atomic E-state index is 11.0. The minimum atomic E-state index is -0.364. The molecule has 4 nitrogen and oxygen atoms in total. The predicted octanol–water partition coefficient (Wildman–Crippen LogP) is 5.04. The lowest BCUT2D eigenvalue weighted by atomic mass is 10.1. The van der Waals surface area contributed by atoms with Gasteiger partial charge in [0, 0.05) is 32.8 Å². The molecule has 0 atom stereocenters. The molecule has 2 aromatic rings. The lowest BCUT2D eigenvalue weighted by Crippen LogP contribution is -2.04. The van der Waals surface area contributed by atoms with Crippen molar-refractivity contribution in [3.8, 4) is 0 Å². The summed E-state index contributed by atoms with van der Waals surface area (Å²) in [5, 5.41) is 14.3. The molecule has 2 aromatic carbocycles. The summed E-state index contributed by atoms with van der Waals surface area (Å²) in [5.74, 6) is 0. The van der Waals surface area contributed by atoms with Crippen LogP contribution in [0.25, 0.3) is 0 Å². The molecule has 0 bridgehead atoms. The van der Waals surface area contributed by atoms with Crippen LogP contribution in [0, 0.1) is 17.0 Å². The maximum atomic E-state index is 11.0. The number of benzene rings is 2. The van der Waals surface area contributed by atoms with Crippen LogP contribution in [0.5, 0.6) is 0 Å². The van der Waals surface area contributed by atoms with Crippen molar-refractivity contribution in [2.75, 3.05) is 5.32 Å². The zero-order chi connectivity index (χ0) is 14.7. The molecule has 0 spiro atoms. The van der Waals surface area contributed by atoms with Crippen LogP contribution >= 0.6 is 31.9 Å². The molecular formula is C14H12Br2N2O2. The number of nitro benzene ring substituents is 1. The Morgan fingerprint density at radius 3 is 2.70 bits per heavy atom. The molecule has 104 valence electrons. The second-order valence-electron chi connectivity index (χ2n) is 4.30. The van der Waals surface area contributed by atoms with E-state index in [-0.39, 0.29) is 10.6 Å². The zero-order valence-electron chi connectivity index (χ0n) is 10.7. The summed E-state index contributed by atoms with van der Waals surface area (Å²) in [5.41, 5.74) is 2.79. The van der Waals surface area contributed by atoms with Crippen LogP contribution in [-0.4, -0.2) is 4.92 Å². The number of nitro groups is 1. The van der Waals surface area contributed by atoms with Crippen molar-refractivity contribution in [1.82, 2.24) is 0 Å². The smallest absolute Gasteiger partial charge is 0.274 e. The number of anilines is 1. The Bertz CT molecular complexity index is 660. The van der Waals surface area contributed by atoms with Crippen molar-refractivity contribution in [3.63, 3.8) is 0 Å². The highest BCUT2D eigenvalue weighted by Gasteiger charge is 2.13. The van der Waals surface area contributed by atoms with Gasteiger partial charge in [0.05, 0.1) is 4.92 Å². The summed E-state index contributed by atoms with van der Waals surface area (Å²) in [6.45, 7) is 2.38. The molecule has 2 rings (SSSR count). The molecule has 0 radical (unpaired) electrons. The largest absolute Gasteiger partial charge is 0.380 e. The van der Waals surface area contributed by atoms with Crippen LogP contribution in [0.4, 0.5) is 11.4 Å². The third-order valence-corrected chi connectivity index (χ3v) is 4.33. The minimum absolute atomic E-state index is 0.119. The molecule has 20 heavy (non-hydrogen) atoms.